The van der Waals surface area contributed by atoms with Crippen molar-refractivity contribution in [3.8, 4) is 17.0 Å². The molecule has 5 rings (SSSR count). The number of anilines is 1. The normalized spacial score (nSPS) is 11.2. The van der Waals surface area contributed by atoms with E-state index in [4.69, 9.17) is 16.0 Å². The minimum atomic E-state index is -0.338. The van der Waals surface area contributed by atoms with Crippen molar-refractivity contribution >= 4 is 34.2 Å². The molecule has 6 nitrogen and oxygen atoms in total. The Hall–Kier alpha value is -3.90. The van der Waals surface area contributed by atoms with Crippen molar-refractivity contribution in [3.05, 3.63) is 94.2 Å². The summed E-state index contributed by atoms with van der Waals surface area (Å²) in [6, 6.07) is 21.0. The van der Waals surface area contributed by atoms with Gasteiger partial charge in [-0.3, -0.25) is 4.79 Å². The quantitative estimate of drug-likeness (QED) is 0.308. The fraction of sp³-hybridized carbons (Fsp3) is 0.148. The number of carbonyl (C=O) groups excluding carboxylic acids is 1. The number of fused-ring (bicyclic) bond motifs is 1. The van der Waals surface area contributed by atoms with Crippen molar-refractivity contribution in [1.29, 1.82) is 0 Å². The number of carbonyl (C=O) groups is 1. The van der Waals surface area contributed by atoms with E-state index in [1.54, 1.807) is 16.9 Å². The second-order valence-corrected chi connectivity index (χ2v) is 8.65. The smallest absolute Gasteiger partial charge is 0.291 e. The average Bonchev–Trinajstić information content (AvgIpc) is 3.49. The van der Waals surface area contributed by atoms with Crippen LogP contribution in [0.5, 0.6) is 0 Å². The molecule has 34 heavy (non-hydrogen) atoms. The first-order valence-electron chi connectivity index (χ1n) is 11.1. The highest BCUT2D eigenvalue weighted by molar-refractivity contribution is 6.31. The molecule has 1 amide bonds. The number of rotatable bonds is 5. The summed E-state index contributed by atoms with van der Waals surface area (Å²) < 4.78 is 5.80. The van der Waals surface area contributed by atoms with E-state index in [9.17, 15) is 4.79 Å². The van der Waals surface area contributed by atoms with E-state index in [1.807, 2.05) is 56.3 Å². The predicted molar refractivity (Wildman–Crippen MR) is 135 cm³/mol. The molecule has 0 aliphatic heterocycles. The molecule has 2 aromatic heterocycles. The molecule has 3 aromatic carbocycles. The minimum absolute atomic E-state index is 0.214. The third-order valence-electron chi connectivity index (χ3n) is 5.84. The van der Waals surface area contributed by atoms with Crippen LogP contribution in [0.4, 0.5) is 5.69 Å². The van der Waals surface area contributed by atoms with Gasteiger partial charge < -0.3 is 9.73 Å². The van der Waals surface area contributed by atoms with Crippen molar-refractivity contribution < 1.29 is 9.21 Å². The van der Waals surface area contributed by atoms with Crippen LogP contribution in [0.1, 0.15) is 34.2 Å². The standard InChI is InChI=1S/C27H23ClN4O2/c1-4-18-6-9-20(10-7-18)32-30-23-13-17(3)22(15-24(23)31-32)29-27(33)26-12-11-25(34-26)19-8-5-16(2)21(28)14-19/h5-15H,4H2,1-3H3,(H,29,33). The SMILES string of the molecule is CCc1ccc(-n2nc3cc(C)c(NC(=O)c4ccc(-c5ccc(C)c(Cl)c5)o4)cc3n2)cc1. The lowest BCUT2D eigenvalue weighted by atomic mass is 10.1. The molecule has 0 aliphatic carbocycles. The zero-order valence-corrected chi connectivity index (χ0v) is 19.8. The monoisotopic (exact) mass is 470 g/mol. The summed E-state index contributed by atoms with van der Waals surface area (Å²) in [5.74, 6) is 0.455. The van der Waals surface area contributed by atoms with Crippen molar-refractivity contribution in [1.82, 2.24) is 15.0 Å². The van der Waals surface area contributed by atoms with Gasteiger partial charge in [-0.25, -0.2) is 0 Å². The molecule has 7 heteroatoms. The van der Waals surface area contributed by atoms with Gasteiger partial charge in [0.25, 0.3) is 5.91 Å². The molecule has 0 radical (unpaired) electrons. The number of halogens is 1. The molecular weight excluding hydrogens is 448 g/mol. The lowest BCUT2D eigenvalue weighted by molar-refractivity contribution is 0.0997. The summed E-state index contributed by atoms with van der Waals surface area (Å²) in [5, 5.41) is 12.8. The van der Waals surface area contributed by atoms with E-state index in [-0.39, 0.29) is 11.7 Å². The second kappa shape index (κ2) is 8.80. The zero-order chi connectivity index (χ0) is 23.8. The highest BCUT2D eigenvalue weighted by Gasteiger charge is 2.16. The highest BCUT2D eigenvalue weighted by atomic mass is 35.5. The van der Waals surface area contributed by atoms with Gasteiger partial charge in [-0.05, 0) is 79.4 Å². The van der Waals surface area contributed by atoms with Crippen molar-refractivity contribution in [2.24, 2.45) is 0 Å². The second-order valence-electron chi connectivity index (χ2n) is 8.25. The number of amides is 1. The van der Waals surface area contributed by atoms with E-state index in [1.165, 1.54) is 5.56 Å². The van der Waals surface area contributed by atoms with Crippen LogP contribution in [0, 0.1) is 13.8 Å². The molecule has 0 atom stereocenters. The zero-order valence-electron chi connectivity index (χ0n) is 19.1. The summed E-state index contributed by atoms with van der Waals surface area (Å²) >= 11 is 6.23. The average molecular weight is 471 g/mol. The summed E-state index contributed by atoms with van der Waals surface area (Å²) in [6.45, 7) is 5.98. The van der Waals surface area contributed by atoms with Gasteiger partial charge in [-0.1, -0.05) is 42.8 Å². The molecule has 170 valence electrons. The van der Waals surface area contributed by atoms with Gasteiger partial charge in [0.15, 0.2) is 5.76 Å². The Morgan fingerprint density at radius 2 is 1.68 bits per heavy atom. The van der Waals surface area contributed by atoms with Gasteiger partial charge in [0, 0.05) is 16.3 Å². The Balaban J connectivity index is 1.39. The number of aryl methyl sites for hydroxylation is 3. The maximum atomic E-state index is 12.9. The Labute approximate surface area is 202 Å². The number of aromatic nitrogens is 3. The number of furan rings is 1. The Morgan fingerprint density at radius 3 is 2.38 bits per heavy atom. The van der Waals surface area contributed by atoms with Crippen molar-refractivity contribution in [2.45, 2.75) is 27.2 Å². The van der Waals surface area contributed by atoms with Gasteiger partial charge in [-0.2, -0.15) is 4.80 Å². The third-order valence-corrected chi connectivity index (χ3v) is 6.24. The van der Waals surface area contributed by atoms with Gasteiger partial charge in [0.05, 0.1) is 5.69 Å². The van der Waals surface area contributed by atoms with E-state index in [0.29, 0.717) is 22.0 Å². The number of benzene rings is 3. The van der Waals surface area contributed by atoms with Crippen molar-refractivity contribution in [3.63, 3.8) is 0 Å². The molecule has 0 fully saturated rings. The summed E-state index contributed by atoms with van der Waals surface area (Å²) in [6.07, 6.45) is 0.979. The molecule has 1 N–H and O–H groups in total. The first-order valence-corrected chi connectivity index (χ1v) is 11.4. The molecule has 0 saturated carbocycles. The summed E-state index contributed by atoms with van der Waals surface area (Å²) in [4.78, 5) is 14.5. The predicted octanol–water partition coefficient (Wildman–Crippen LogP) is 6.77. The van der Waals surface area contributed by atoms with Crippen LogP contribution in [0.25, 0.3) is 28.0 Å². The number of hydrogen-bond donors (Lipinski definition) is 1. The Kier molecular flexibility index (Phi) is 5.67. The fourth-order valence-electron chi connectivity index (χ4n) is 3.73. The number of nitrogens with zero attached hydrogens (tertiary/aromatic N) is 3. The van der Waals surface area contributed by atoms with Gasteiger partial charge in [0.2, 0.25) is 0 Å². The van der Waals surface area contributed by atoms with Crippen LogP contribution in [-0.2, 0) is 6.42 Å². The van der Waals surface area contributed by atoms with E-state index in [0.717, 1.165) is 34.3 Å². The first kappa shape index (κ1) is 21.9. The summed E-state index contributed by atoms with van der Waals surface area (Å²) in [5.41, 5.74) is 6.92. The Bertz CT molecular complexity index is 1520. The lowest BCUT2D eigenvalue weighted by Gasteiger charge is -2.06. The molecule has 5 aromatic rings. The highest BCUT2D eigenvalue weighted by Crippen LogP contribution is 2.28. The van der Waals surface area contributed by atoms with Crippen LogP contribution in [0.2, 0.25) is 5.02 Å². The van der Waals surface area contributed by atoms with Crippen LogP contribution < -0.4 is 5.32 Å². The van der Waals surface area contributed by atoms with E-state index >= 15 is 0 Å². The van der Waals surface area contributed by atoms with Crippen LogP contribution >= 0.6 is 11.6 Å². The summed E-state index contributed by atoms with van der Waals surface area (Å²) in [7, 11) is 0. The van der Waals surface area contributed by atoms with Crippen LogP contribution in [0.15, 0.2) is 71.1 Å². The molecule has 0 unspecified atom stereocenters. The largest absolute Gasteiger partial charge is 0.451 e. The van der Waals surface area contributed by atoms with Gasteiger partial charge >= 0.3 is 0 Å². The molecular formula is C27H23ClN4O2. The number of hydrogen-bond acceptors (Lipinski definition) is 4. The third kappa shape index (κ3) is 4.20. The van der Waals surface area contributed by atoms with Gasteiger partial charge in [0.1, 0.15) is 16.8 Å². The number of nitrogens with one attached hydrogen (secondary N) is 1. The topological polar surface area (TPSA) is 73.0 Å². The molecule has 0 aliphatic rings. The maximum absolute atomic E-state index is 12.9. The van der Waals surface area contributed by atoms with E-state index in [2.05, 4.69) is 34.6 Å². The van der Waals surface area contributed by atoms with Crippen molar-refractivity contribution in [2.75, 3.05) is 5.32 Å². The molecule has 0 saturated heterocycles. The van der Waals surface area contributed by atoms with E-state index < -0.39 is 0 Å². The molecule has 0 bridgehead atoms. The first-order chi connectivity index (χ1) is 16.4. The van der Waals surface area contributed by atoms with Gasteiger partial charge in [-0.15, -0.1) is 10.2 Å². The van der Waals surface area contributed by atoms with Crippen LogP contribution in [-0.4, -0.2) is 20.9 Å². The molecule has 2 heterocycles. The Morgan fingerprint density at radius 1 is 0.941 bits per heavy atom. The fourth-order valence-corrected chi connectivity index (χ4v) is 3.91. The minimum Gasteiger partial charge on any atom is -0.451 e. The maximum Gasteiger partial charge on any atom is 0.291 e. The van der Waals surface area contributed by atoms with Crippen LogP contribution in [0.3, 0.4) is 0 Å². The molecule has 0 spiro atoms. The lowest BCUT2D eigenvalue weighted by Crippen LogP contribution is -2.11.